The topological polar surface area (TPSA) is 102 Å². The molecule has 1 amide bonds. The van der Waals surface area contributed by atoms with Crippen LogP contribution in [0, 0.1) is 5.92 Å². The molecule has 0 aromatic heterocycles. The molecule has 0 radical (unpaired) electrons. The van der Waals surface area contributed by atoms with E-state index < -0.39 is 50.6 Å². The van der Waals surface area contributed by atoms with Crippen molar-refractivity contribution in [1.82, 2.24) is 9.62 Å². The number of sulfonamides is 1. The van der Waals surface area contributed by atoms with Crippen molar-refractivity contribution in [3.63, 3.8) is 0 Å². The quantitative estimate of drug-likeness (QED) is 0.484. The largest absolute Gasteiger partial charge is 0.444 e. The maximum absolute atomic E-state index is 13.5. The Hall–Kier alpha value is -1.19. The lowest BCUT2D eigenvalue weighted by molar-refractivity contribution is -0.135. The monoisotopic (exact) mass is 488 g/mol. The van der Waals surface area contributed by atoms with Crippen LogP contribution in [-0.2, 0) is 24.3 Å². The summed E-state index contributed by atoms with van der Waals surface area (Å²) in [6.45, 7) is 12.5. The number of ether oxygens (including phenoxy) is 2. The van der Waals surface area contributed by atoms with Crippen LogP contribution in [-0.4, -0.2) is 60.5 Å². The minimum absolute atomic E-state index is 0.295. The molecule has 2 rings (SSSR count). The van der Waals surface area contributed by atoms with Gasteiger partial charge in [0.15, 0.2) is 5.78 Å². The molecule has 9 heteroatoms. The molecular formula is C24H44N2O6S. The van der Waals surface area contributed by atoms with Gasteiger partial charge in [0.25, 0.3) is 0 Å². The molecule has 1 saturated carbocycles. The van der Waals surface area contributed by atoms with Gasteiger partial charge in [-0.05, 0) is 60.3 Å². The van der Waals surface area contributed by atoms with Crippen LogP contribution < -0.4 is 4.72 Å². The SMILES string of the molecule is CCCCNS(=O)(=O)C(C)C(=O)[C@@H]1OC(C)(C)N(C(=O)OC(C)(C)C)[C@H]1CC1CCCCC1. The fourth-order valence-electron chi connectivity index (χ4n) is 4.79. The van der Waals surface area contributed by atoms with Gasteiger partial charge in [-0.1, -0.05) is 45.4 Å². The van der Waals surface area contributed by atoms with Gasteiger partial charge in [-0.3, -0.25) is 9.69 Å². The van der Waals surface area contributed by atoms with Crippen molar-refractivity contribution in [2.45, 2.75) is 129 Å². The third-order valence-electron chi connectivity index (χ3n) is 6.55. The number of carbonyl (C=O) groups excluding carboxylic acids is 2. The summed E-state index contributed by atoms with van der Waals surface area (Å²) in [6.07, 6.45) is 6.08. The van der Waals surface area contributed by atoms with Crippen LogP contribution in [0.25, 0.3) is 0 Å². The van der Waals surface area contributed by atoms with Crippen molar-refractivity contribution in [3.8, 4) is 0 Å². The zero-order chi connectivity index (χ0) is 25.0. The molecule has 2 aliphatic rings. The molecule has 0 aromatic carbocycles. The van der Waals surface area contributed by atoms with E-state index in [1.807, 2.05) is 6.92 Å². The molecule has 1 N–H and O–H groups in total. The van der Waals surface area contributed by atoms with Crippen LogP contribution >= 0.6 is 0 Å². The van der Waals surface area contributed by atoms with Gasteiger partial charge in [0, 0.05) is 6.54 Å². The van der Waals surface area contributed by atoms with Crippen LogP contribution in [0.4, 0.5) is 4.79 Å². The predicted octanol–water partition coefficient (Wildman–Crippen LogP) is 4.37. The summed E-state index contributed by atoms with van der Waals surface area (Å²) < 4.78 is 39.9. The number of nitrogens with zero attached hydrogens (tertiary/aromatic N) is 1. The highest BCUT2D eigenvalue weighted by atomic mass is 32.2. The van der Waals surface area contributed by atoms with E-state index in [1.165, 1.54) is 18.2 Å². The molecule has 192 valence electrons. The lowest BCUT2D eigenvalue weighted by Gasteiger charge is -2.36. The first-order chi connectivity index (χ1) is 15.2. The highest BCUT2D eigenvalue weighted by molar-refractivity contribution is 7.90. The molecule has 1 aliphatic heterocycles. The van der Waals surface area contributed by atoms with Gasteiger partial charge >= 0.3 is 6.09 Å². The number of unbranched alkanes of at least 4 members (excludes halogenated alkanes) is 1. The van der Waals surface area contributed by atoms with Gasteiger partial charge in [-0.2, -0.15) is 0 Å². The standard InChI is InChI=1S/C24H44N2O6S/c1-8-9-15-25-33(29,30)17(2)20(27)21-19(16-18-13-11-10-12-14-18)26(24(6,7)31-21)22(28)32-23(3,4)5/h17-19,21,25H,8-16H2,1-7H3/t17?,19-,21+/m0/s1. The summed E-state index contributed by atoms with van der Waals surface area (Å²) in [7, 11) is -3.84. The molecule has 1 unspecified atom stereocenters. The Labute approximate surface area is 200 Å². The molecule has 0 spiro atoms. The first kappa shape index (κ1) is 28.1. The average Bonchev–Trinajstić information content (AvgIpc) is 2.96. The van der Waals surface area contributed by atoms with Crippen LogP contribution in [0.15, 0.2) is 0 Å². The first-order valence-electron chi connectivity index (χ1n) is 12.4. The van der Waals surface area contributed by atoms with Crippen molar-refractivity contribution in [3.05, 3.63) is 0 Å². The van der Waals surface area contributed by atoms with Crippen LogP contribution in [0.5, 0.6) is 0 Å². The van der Waals surface area contributed by atoms with E-state index in [4.69, 9.17) is 9.47 Å². The Morgan fingerprint density at radius 1 is 1.18 bits per heavy atom. The number of hydrogen-bond donors (Lipinski definition) is 1. The molecule has 3 atom stereocenters. The minimum Gasteiger partial charge on any atom is -0.444 e. The fraction of sp³-hybridized carbons (Fsp3) is 0.917. The van der Waals surface area contributed by atoms with Gasteiger partial charge in [0.05, 0.1) is 6.04 Å². The number of Topliss-reactive ketones (excluding diaryl/α,β-unsaturated/α-hetero) is 1. The third-order valence-corrected chi connectivity index (χ3v) is 8.32. The summed E-state index contributed by atoms with van der Waals surface area (Å²) >= 11 is 0. The second-order valence-electron chi connectivity index (χ2n) is 11.0. The number of rotatable bonds is 9. The normalized spacial score (nSPS) is 25.1. The smallest absolute Gasteiger partial charge is 0.412 e. The summed E-state index contributed by atoms with van der Waals surface area (Å²) in [5, 5.41) is -1.28. The fourth-order valence-corrected chi connectivity index (χ4v) is 5.91. The minimum atomic E-state index is -3.84. The van der Waals surface area contributed by atoms with Gasteiger partial charge in [0.1, 0.15) is 22.7 Å². The Kier molecular flexibility index (Phi) is 9.38. The second-order valence-corrected chi connectivity index (χ2v) is 13.1. The zero-order valence-corrected chi connectivity index (χ0v) is 22.3. The molecule has 0 bridgehead atoms. The Bertz CT molecular complexity index is 783. The summed E-state index contributed by atoms with van der Waals surface area (Å²) in [6, 6.07) is -0.571. The van der Waals surface area contributed by atoms with Crippen LogP contribution in [0.1, 0.15) is 99.8 Å². The maximum Gasteiger partial charge on any atom is 0.412 e. The molecule has 1 heterocycles. The number of amides is 1. The second kappa shape index (κ2) is 11.0. The van der Waals surface area contributed by atoms with E-state index in [-0.39, 0.29) is 0 Å². The average molecular weight is 489 g/mol. The van der Waals surface area contributed by atoms with E-state index in [0.29, 0.717) is 25.3 Å². The highest BCUT2D eigenvalue weighted by Gasteiger charge is 2.55. The summed E-state index contributed by atoms with van der Waals surface area (Å²) in [4.78, 5) is 28.2. The summed E-state index contributed by atoms with van der Waals surface area (Å²) in [5.41, 5.74) is -1.80. The molecular weight excluding hydrogens is 444 g/mol. The molecule has 33 heavy (non-hydrogen) atoms. The van der Waals surface area contributed by atoms with Crippen LogP contribution in [0.3, 0.4) is 0 Å². The van der Waals surface area contributed by atoms with E-state index in [1.54, 1.807) is 34.6 Å². The van der Waals surface area contributed by atoms with Gasteiger partial charge < -0.3 is 9.47 Å². The highest BCUT2D eigenvalue weighted by Crippen LogP contribution is 2.40. The van der Waals surface area contributed by atoms with E-state index in [0.717, 1.165) is 32.1 Å². The maximum atomic E-state index is 13.5. The number of carbonyl (C=O) groups is 2. The van der Waals surface area contributed by atoms with E-state index >= 15 is 0 Å². The van der Waals surface area contributed by atoms with Crippen molar-refractivity contribution < 1.29 is 27.5 Å². The number of ketones is 1. The van der Waals surface area contributed by atoms with Crippen molar-refractivity contribution in [1.29, 1.82) is 0 Å². The lowest BCUT2D eigenvalue weighted by atomic mass is 9.83. The van der Waals surface area contributed by atoms with E-state index in [2.05, 4.69) is 4.72 Å². The Morgan fingerprint density at radius 2 is 1.79 bits per heavy atom. The summed E-state index contributed by atoms with van der Waals surface area (Å²) in [5.74, 6) is -0.157. The van der Waals surface area contributed by atoms with Gasteiger partial charge in [-0.25, -0.2) is 17.9 Å². The van der Waals surface area contributed by atoms with Crippen molar-refractivity contribution in [2.75, 3.05) is 6.54 Å². The number of hydrogen-bond acceptors (Lipinski definition) is 6. The van der Waals surface area contributed by atoms with E-state index in [9.17, 15) is 18.0 Å². The van der Waals surface area contributed by atoms with Gasteiger partial charge in [0.2, 0.25) is 10.0 Å². The van der Waals surface area contributed by atoms with Crippen molar-refractivity contribution >= 4 is 21.9 Å². The lowest BCUT2D eigenvalue weighted by Crippen LogP contribution is -2.52. The first-order valence-corrected chi connectivity index (χ1v) is 14.0. The zero-order valence-electron chi connectivity index (χ0n) is 21.5. The molecule has 0 aromatic rings. The molecule has 2 fully saturated rings. The molecule has 1 aliphatic carbocycles. The predicted molar refractivity (Wildman–Crippen MR) is 128 cm³/mol. The van der Waals surface area contributed by atoms with Gasteiger partial charge in [-0.15, -0.1) is 0 Å². The molecule has 8 nitrogen and oxygen atoms in total. The Balaban J connectivity index is 2.33. The third kappa shape index (κ3) is 7.39. The van der Waals surface area contributed by atoms with Crippen LogP contribution in [0.2, 0.25) is 0 Å². The van der Waals surface area contributed by atoms with Crippen molar-refractivity contribution in [2.24, 2.45) is 5.92 Å². The number of nitrogens with one attached hydrogen (secondary N) is 1. The Morgan fingerprint density at radius 3 is 2.33 bits per heavy atom. The molecule has 1 saturated heterocycles.